The summed E-state index contributed by atoms with van der Waals surface area (Å²) in [5, 5.41) is 7.64. The number of ether oxygens (including phenoxy) is 1. The molecule has 0 saturated carbocycles. The standard InChI is InChI=1S/C17H26N2O2S/c1-13(14-3-2-5-18-10-14)9-17(20)19-6-7-21-16(11-19)15-4-8-22-12-15/h4,8,12-14,16,18H,2-3,5-7,9-11H2,1H3. The highest BCUT2D eigenvalue weighted by Crippen LogP contribution is 2.27. The van der Waals surface area contributed by atoms with Crippen molar-refractivity contribution in [2.45, 2.75) is 32.3 Å². The van der Waals surface area contributed by atoms with Gasteiger partial charge in [-0.25, -0.2) is 0 Å². The van der Waals surface area contributed by atoms with Gasteiger partial charge in [-0.2, -0.15) is 11.3 Å². The Labute approximate surface area is 136 Å². The van der Waals surface area contributed by atoms with Crippen molar-refractivity contribution in [3.05, 3.63) is 22.4 Å². The number of hydrogen-bond acceptors (Lipinski definition) is 4. The third kappa shape index (κ3) is 3.89. The molecule has 2 fully saturated rings. The summed E-state index contributed by atoms with van der Waals surface area (Å²) < 4.78 is 5.83. The Hall–Kier alpha value is -0.910. The minimum absolute atomic E-state index is 0.0515. The van der Waals surface area contributed by atoms with E-state index in [1.807, 2.05) is 4.90 Å². The predicted octanol–water partition coefficient (Wildman–Crippen LogP) is 2.67. The zero-order valence-corrected chi connectivity index (χ0v) is 14.1. The van der Waals surface area contributed by atoms with Gasteiger partial charge < -0.3 is 15.0 Å². The average Bonchev–Trinajstić information content (AvgIpc) is 3.10. The van der Waals surface area contributed by atoms with E-state index in [1.54, 1.807) is 11.3 Å². The van der Waals surface area contributed by atoms with E-state index in [4.69, 9.17) is 4.74 Å². The molecule has 1 amide bonds. The molecule has 2 aliphatic rings. The summed E-state index contributed by atoms with van der Waals surface area (Å²) in [6.45, 7) is 6.50. The van der Waals surface area contributed by atoms with Crippen LogP contribution in [0.3, 0.4) is 0 Å². The van der Waals surface area contributed by atoms with E-state index in [0.717, 1.165) is 19.6 Å². The van der Waals surface area contributed by atoms with Gasteiger partial charge in [-0.15, -0.1) is 0 Å². The van der Waals surface area contributed by atoms with E-state index in [-0.39, 0.29) is 6.10 Å². The normalized spacial score (nSPS) is 27.6. The highest BCUT2D eigenvalue weighted by atomic mass is 32.1. The van der Waals surface area contributed by atoms with Crippen LogP contribution in [0.25, 0.3) is 0 Å². The molecule has 3 unspecified atom stereocenters. The van der Waals surface area contributed by atoms with E-state index in [2.05, 4.69) is 29.1 Å². The smallest absolute Gasteiger partial charge is 0.223 e. The van der Waals surface area contributed by atoms with Crippen molar-refractivity contribution in [2.24, 2.45) is 11.8 Å². The number of thiophene rings is 1. The summed E-state index contributed by atoms with van der Waals surface area (Å²) in [5.41, 5.74) is 1.20. The number of nitrogens with zero attached hydrogens (tertiary/aromatic N) is 1. The summed E-state index contributed by atoms with van der Waals surface area (Å²) in [7, 11) is 0. The molecule has 1 N–H and O–H groups in total. The van der Waals surface area contributed by atoms with Gasteiger partial charge in [-0.1, -0.05) is 6.92 Å². The molecule has 4 nitrogen and oxygen atoms in total. The lowest BCUT2D eigenvalue weighted by molar-refractivity contribution is -0.140. The SMILES string of the molecule is CC(CC(=O)N1CCOC(c2ccsc2)C1)C1CCCNC1. The minimum Gasteiger partial charge on any atom is -0.370 e. The zero-order chi connectivity index (χ0) is 15.4. The van der Waals surface area contributed by atoms with E-state index in [0.29, 0.717) is 37.3 Å². The Bertz CT molecular complexity index is 471. The maximum absolute atomic E-state index is 12.6. The summed E-state index contributed by atoms with van der Waals surface area (Å²) in [4.78, 5) is 14.6. The van der Waals surface area contributed by atoms with E-state index >= 15 is 0 Å². The first-order valence-electron chi connectivity index (χ1n) is 8.36. The third-order valence-corrected chi connectivity index (χ3v) is 5.67. The van der Waals surface area contributed by atoms with Gasteiger partial charge in [0.15, 0.2) is 0 Å². The number of amides is 1. The maximum atomic E-state index is 12.6. The molecule has 2 aliphatic heterocycles. The quantitative estimate of drug-likeness (QED) is 0.926. The third-order valence-electron chi connectivity index (χ3n) is 4.97. The van der Waals surface area contributed by atoms with Crippen LogP contribution in [0.15, 0.2) is 16.8 Å². The molecule has 1 aromatic rings. The van der Waals surface area contributed by atoms with Crippen LogP contribution in [-0.4, -0.2) is 43.6 Å². The second kappa shape index (κ2) is 7.57. The molecule has 0 aromatic carbocycles. The lowest BCUT2D eigenvalue weighted by Gasteiger charge is -2.35. The highest BCUT2D eigenvalue weighted by Gasteiger charge is 2.28. The topological polar surface area (TPSA) is 41.6 Å². The largest absolute Gasteiger partial charge is 0.370 e. The molecule has 3 rings (SSSR count). The van der Waals surface area contributed by atoms with Crippen LogP contribution >= 0.6 is 11.3 Å². The maximum Gasteiger partial charge on any atom is 0.223 e. The van der Waals surface area contributed by atoms with Gasteiger partial charge in [0.25, 0.3) is 0 Å². The van der Waals surface area contributed by atoms with Crippen molar-refractivity contribution in [3.8, 4) is 0 Å². The molecular formula is C17H26N2O2S. The fraction of sp³-hybridized carbons (Fsp3) is 0.706. The average molecular weight is 322 g/mol. The number of carbonyl (C=O) groups is 1. The molecule has 3 atom stereocenters. The lowest BCUT2D eigenvalue weighted by atomic mass is 9.85. The summed E-state index contributed by atoms with van der Waals surface area (Å²) in [5.74, 6) is 1.40. The molecule has 0 bridgehead atoms. The predicted molar refractivity (Wildman–Crippen MR) is 89.0 cm³/mol. The fourth-order valence-corrected chi connectivity index (χ4v) is 4.17. The second-order valence-electron chi connectivity index (χ2n) is 6.54. The fourth-order valence-electron chi connectivity index (χ4n) is 3.47. The monoisotopic (exact) mass is 322 g/mol. The van der Waals surface area contributed by atoms with Gasteiger partial charge in [0.05, 0.1) is 13.2 Å². The summed E-state index contributed by atoms with van der Waals surface area (Å²) in [6.07, 6.45) is 3.21. The van der Waals surface area contributed by atoms with Crippen LogP contribution in [0.2, 0.25) is 0 Å². The lowest BCUT2D eigenvalue weighted by Crippen LogP contribution is -2.43. The molecule has 2 saturated heterocycles. The van der Waals surface area contributed by atoms with Gasteiger partial charge in [-0.3, -0.25) is 4.79 Å². The van der Waals surface area contributed by atoms with Gasteiger partial charge >= 0.3 is 0 Å². The number of hydrogen-bond donors (Lipinski definition) is 1. The Morgan fingerprint density at radius 3 is 3.23 bits per heavy atom. The Kier molecular flexibility index (Phi) is 5.50. The highest BCUT2D eigenvalue weighted by molar-refractivity contribution is 7.07. The van der Waals surface area contributed by atoms with E-state index in [9.17, 15) is 4.79 Å². The van der Waals surface area contributed by atoms with Crippen molar-refractivity contribution in [3.63, 3.8) is 0 Å². The number of carbonyl (C=O) groups excluding carboxylic acids is 1. The minimum atomic E-state index is 0.0515. The van der Waals surface area contributed by atoms with E-state index < -0.39 is 0 Å². The van der Waals surface area contributed by atoms with Gasteiger partial charge in [0.2, 0.25) is 5.91 Å². The molecule has 22 heavy (non-hydrogen) atoms. The summed E-state index contributed by atoms with van der Waals surface area (Å²) >= 11 is 1.68. The summed E-state index contributed by atoms with van der Waals surface area (Å²) in [6, 6.07) is 2.10. The molecule has 0 spiro atoms. The van der Waals surface area contributed by atoms with Crippen LogP contribution in [0.1, 0.15) is 37.9 Å². The number of morpholine rings is 1. The number of piperidine rings is 1. The second-order valence-corrected chi connectivity index (χ2v) is 7.32. The van der Waals surface area contributed by atoms with Crippen LogP contribution in [-0.2, 0) is 9.53 Å². The molecule has 1 aromatic heterocycles. The first-order chi connectivity index (χ1) is 10.7. The van der Waals surface area contributed by atoms with Crippen molar-refractivity contribution in [1.29, 1.82) is 0 Å². The van der Waals surface area contributed by atoms with Crippen LogP contribution < -0.4 is 5.32 Å². The first kappa shape index (κ1) is 16.0. The molecule has 0 radical (unpaired) electrons. The Balaban J connectivity index is 1.52. The number of nitrogens with one attached hydrogen (secondary N) is 1. The van der Waals surface area contributed by atoms with Crippen LogP contribution in [0.4, 0.5) is 0 Å². The van der Waals surface area contributed by atoms with Crippen LogP contribution in [0.5, 0.6) is 0 Å². The molecule has 0 aliphatic carbocycles. The Morgan fingerprint density at radius 1 is 1.59 bits per heavy atom. The Morgan fingerprint density at radius 2 is 2.50 bits per heavy atom. The van der Waals surface area contributed by atoms with Gasteiger partial charge in [-0.05, 0) is 60.2 Å². The van der Waals surface area contributed by atoms with Gasteiger partial charge in [0, 0.05) is 13.0 Å². The molecule has 3 heterocycles. The number of rotatable bonds is 4. The first-order valence-corrected chi connectivity index (χ1v) is 9.30. The van der Waals surface area contributed by atoms with Crippen molar-refractivity contribution >= 4 is 17.2 Å². The van der Waals surface area contributed by atoms with Crippen molar-refractivity contribution < 1.29 is 9.53 Å². The van der Waals surface area contributed by atoms with Gasteiger partial charge in [0.1, 0.15) is 6.10 Å². The molecular weight excluding hydrogens is 296 g/mol. The van der Waals surface area contributed by atoms with Crippen LogP contribution in [0, 0.1) is 11.8 Å². The van der Waals surface area contributed by atoms with Crippen molar-refractivity contribution in [2.75, 3.05) is 32.8 Å². The molecule has 122 valence electrons. The van der Waals surface area contributed by atoms with Crippen molar-refractivity contribution in [1.82, 2.24) is 10.2 Å². The molecule has 5 heteroatoms. The van der Waals surface area contributed by atoms with E-state index in [1.165, 1.54) is 18.4 Å². The zero-order valence-electron chi connectivity index (χ0n) is 13.3.